The fourth-order valence-electron chi connectivity index (χ4n) is 4.28. The molecule has 11 heteroatoms. The van der Waals surface area contributed by atoms with Crippen molar-refractivity contribution in [2.45, 2.75) is 59.8 Å². The fourth-order valence-corrected chi connectivity index (χ4v) is 5.14. The van der Waals surface area contributed by atoms with Crippen molar-refractivity contribution < 1.29 is 10.2 Å². The van der Waals surface area contributed by atoms with E-state index in [4.69, 9.17) is 24.4 Å². The van der Waals surface area contributed by atoms with Gasteiger partial charge in [0, 0.05) is 26.2 Å². The predicted octanol–water partition coefficient (Wildman–Crippen LogP) is 3.61. The Kier molecular flexibility index (Phi) is 7.77. The third-order valence-electron chi connectivity index (χ3n) is 6.08. The van der Waals surface area contributed by atoms with E-state index in [1.165, 1.54) is 18.3 Å². The van der Waals surface area contributed by atoms with Gasteiger partial charge in [-0.05, 0) is 69.8 Å². The highest BCUT2D eigenvalue weighted by Gasteiger charge is 2.33. The Labute approximate surface area is 212 Å². The van der Waals surface area contributed by atoms with Gasteiger partial charge in [-0.15, -0.1) is 0 Å². The molecular formula is C24H27N5O4S2. The number of hydrogen-bond donors (Lipinski definition) is 2. The van der Waals surface area contributed by atoms with Crippen LogP contribution in [0.4, 0.5) is 0 Å². The first-order valence-electron chi connectivity index (χ1n) is 11.3. The summed E-state index contributed by atoms with van der Waals surface area (Å²) in [5, 5.41) is 31.8. The van der Waals surface area contributed by atoms with Crippen molar-refractivity contribution in [3.63, 3.8) is 0 Å². The van der Waals surface area contributed by atoms with Crippen molar-refractivity contribution in [1.82, 2.24) is 18.3 Å². The molecule has 3 aromatic rings. The normalized spacial score (nSPS) is 11.1. The summed E-state index contributed by atoms with van der Waals surface area (Å²) in [5.41, 5.74) is -0.507. The molecule has 0 saturated carbocycles. The maximum Gasteiger partial charge on any atom is 0.262 e. The first kappa shape index (κ1) is 26.1. The molecule has 1 aromatic carbocycles. The van der Waals surface area contributed by atoms with E-state index in [1.54, 1.807) is 52.0 Å². The second-order valence-electron chi connectivity index (χ2n) is 7.79. The summed E-state index contributed by atoms with van der Waals surface area (Å²) in [6.07, 6.45) is 0. The van der Waals surface area contributed by atoms with Gasteiger partial charge in [-0.25, -0.2) is 0 Å². The zero-order valence-corrected chi connectivity index (χ0v) is 21.6. The van der Waals surface area contributed by atoms with Crippen molar-refractivity contribution in [3.05, 3.63) is 76.8 Å². The minimum absolute atomic E-state index is 0.0955. The molecule has 0 aliphatic carbocycles. The molecule has 0 saturated heterocycles. The molecule has 35 heavy (non-hydrogen) atoms. The Morgan fingerprint density at radius 1 is 0.771 bits per heavy atom. The van der Waals surface area contributed by atoms with Crippen LogP contribution in [-0.4, -0.2) is 28.5 Å². The van der Waals surface area contributed by atoms with Crippen LogP contribution in [0.5, 0.6) is 11.8 Å². The van der Waals surface area contributed by atoms with Crippen LogP contribution in [0.3, 0.4) is 0 Å². The Hall–Kier alpha value is -3.49. The summed E-state index contributed by atoms with van der Waals surface area (Å²) in [7, 11) is 0. The number of rotatable bonds is 7. The van der Waals surface area contributed by atoms with E-state index in [9.17, 15) is 25.1 Å². The Bertz CT molecular complexity index is 1470. The molecule has 0 bridgehead atoms. The zero-order chi connectivity index (χ0) is 26.0. The Balaban J connectivity index is 2.61. The molecular weight excluding hydrogens is 486 g/mol. The molecule has 2 aromatic heterocycles. The highest BCUT2D eigenvalue weighted by molar-refractivity contribution is 7.71. The quantitative estimate of drug-likeness (QED) is 0.463. The van der Waals surface area contributed by atoms with Gasteiger partial charge in [-0.1, -0.05) is 12.1 Å². The average molecular weight is 514 g/mol. The average Bonchev–Trinajstić information content (AvgIpc) is 2.84. The lowest BCUT2D eigenvalue weighted by Gasteiger charge is -2.25. The molecule has 0 aliphatic heterocycles. The van der Waals surface area contributed by atoms with Crippen LogP contribution in [0.15, 0.2) is 33.9 Å². The van der Waals surface area contributed by atoms with Crippen LogP contribution in [-0.2, 0) is 26.2 Å². The summed E-state index contributed by atoms with van der Waals surface area (Å²) >= 11 is 10.8. The van der Waals surface area contributed by atoms with Crippen molar-refractivity contribution in [1.29, 1.82) is 5.26 Å². The van der Waals surface area contributed by atoms with Gasteiger partial charge in [0.1, 0.15) is 0 Å². The molecule has 9 nitrogen and oxygen atoms in total. The van der Waals surface area contributed by atoms with E-state index in [1.807, 2.05) is 6.07 Å². The minimum atomic E-state index is -1.15. The molecule has 0 aliphatic rings. The van der Waals surface area contributed by atoms with Crippen molar-refractivity contribution in [2.24, 2.45) is 0 Å². The standard InChI is InChI=1S/C24H27N5O4S2/c1-5-26-19(30)17(20(31)27(6-2)23(26)34)16(15-11-9-14(13-25)10-12-15)18-21(32)28(7-3)24(35)29(8-4)22(18)33/h9-12,16,30,32H,5-8H2,1-4H3. The summed E-state index contributed by atoms with van der Waals surface area (Å²) in [6, 6.07) is 8.35. The van der Waals surface area contributed by atoms with Gasteiger partial charge in [-0.3, -0.25) is 27.9 Å². The SMILES string of the molecule is CCn1c(O)c(C(c2ccc(C#N)cc2)c2c(O)n(CC)c(=S)n(CC)c2=O)c(=O)n(CC)c1=S. The van der Waals surface area contributed by atoms with E-state index in [0.717, 1.165) is 0 Å². The molecule has 0 amide bonds. The topological polar surface area (TPSA) is 118 Å². The van der Waals surface area contributed by atoms with Gasteiger partial charge >= 0.3 is 0 Å². The number of aromatic hydroxyl groups is 2. The van der Waals surface area contributed by atoms with Gasteiger partial charge in [0.2, 0.25) is 11.8 Å². The molecule has 184 valence electrons. The molecule has 0 fully saturated rings. The second kappa shape index (κ2) is 10.4. The van der Waals surface area contributed by atoms with Crippen molar-refractivity contribution in [2.75, 3.05) is 0 Å². The largest absolute Gasteiger partial charge is 0.494 e. The number of benzene rings is 1. The van der Waals surface area contributed by atoms with Gasteiger partial charge in [-0.2, -0.15) is 5.26 Å². The zero-order valence-electron chi connectivity index (χ0n) is 20.0. The number of aromatic nitrogens is 4. The maximum atomic E-state index is 13.7. The van der Waals surface area contributed by atoms with Gasteiger partial charge < -0.3 is 10.2 Å². The number of hydrogen-bond acceptors (Lipinski definition) is 7. The van der Waals surface area contributed by atoms with Crippen molar-refractivity contribution >= 4 is 24.4 Å². The van der Waals surface area contributed by atoms with E-state index < -0.39 is 17.0 Å². The number of nitriles is 1. The minimum Gasteiger partial charge on any atom is -0.494 e. The third kappa shape index (κ3) is 4.24. The highest BCUT2D eigenvalue weighted by Crippen LogP contribution is 2.37. The Morgan fingerprint density at radius 2 is 1.14 bits per heavy atom. The van der Waals surface area contributed by atoms with Gasteiger partial charge in [0.25, 0.3) is 11.1 Å². The first-order chi connectivity index (χ1) is 16.7. The lowest BCUT2D eigenvalue weighted by atomic mass is 9.86. The van der Waals surface area contributed by atoms with Gasteiger partial charge in [0.05, 0.1) is 28.7 Å². The van der Waals surface area contributed by atoms with Crippen LogP contribution in [0.2, 0.25) is 0 Å². The molecule has 2 heterocycles. The van der Waals surface area contributed by atoms with Crippen LogP contribution in [0, 0.1) is 20.9 Å². The molecule has 0 spiro atoms. The Morgan fingerprint density at radius 3 is 1.46 bits per heavy atom. The molecule has 3 rings (SSSR count). The summed E-state index contributed by atoms with van der Waals surface area (Å²) in [4.78, 5) is 27.3. The van der Waals surface area contributed by atoms with Gasteiger partial charge in [0.15, 0.2) is 9.54 Å². The molecule has 0 radical (unpaired) electrons. The fraction of sp³-hybridized carbons (Fsp3) is 0.375. The smallest absolute Gasteiger partial charge is 0.262 e. The monoisotopic (exact) mass is 513 g/mol. The van der Waals surface area contributed by atoms with Crippen molar-refractivity contribution in [3.8, 4) is 17.8 Å². The van der Waals surface area contributed by atoms with E-state index >= 15 is 0 Å². The highest BCUT2D eigenvalue weighted by atomic mass is 32.1. The predicted molar refractivity (Wildman–Crippen MR) is 137 cm³/mol. The third-order valence-corrected chi connectivity index (χ3v) is 6.96. The van der Waals surface area contributed by atoms with Crippen LogP contribution < -0.4 is 11.1 Å². The first-order valence-corrected chi connectivity index (χ1v) is 12.1. The molecule has 2 N–H and O–H groups in total. The maximum absolute atomic E-state index is 13.7. The van der Waals surface area contributed by atoms with Crippen LogP contribution >= 0.6 is 24.4 Å². The van der Waals surface area contributed by atoms with Crippen LogP contribution in [0.25, 0.3) is 0 Å². The number of nitrogens with zero attached hydrogens (tertiary/aromatic N) is 5. The van der Waals surface area contributed by atoms with E-state index in [-0.39, 0.29) is 58.6 Å². The summed E-state index contributed by atoms with van der Waals surface area (Å²) < 4.78 is 5.82. The molecule has 0 atom stereocenters. The molecule has 0 unspecified atom stereocenters. The summed E-state index contributed by atoms with van der Waals surface area (Å²) in [6.45, 7) is 8.12. The van der Waals surface area contributed by atoms with E-state index in [2.05, 4.69) is 0 Å². The van der Waals surface area contributed by atoms with E-state index in [0.29, 0.717) is 11.1 Å². The lowest BCUT2D eigenvalue weighted by Crippen LogP contribution is -2.34. The van der Waals surface area contributed by atoms with Crippen LogP contribution in [0.1, 0.15) is 55.9 Å². The lowest BCUT2D eigenvalue weighted by molar-refractivity contribution is 0.380. The second-order valence-corrected chi connectivity index (χ2v) is 8.52. The summed E-state index contributed by atoms with van der Waals surface area (Å²) in [5.74, 6) is -1.91.